The average molecular weight is 189 g/mol. The summed E-state index contributed by atoms with van der Waals surface area (Å²) in [7, 11) is 0. The molecule has 13 heavy (non-hydrogen) atoms. The molecular weight excluding hydrogens is 186 g/mol. The van der Waals surface area contributed by atoms with Crippen molar-refractivity contribution in [2.75, 3.05) is 0 Å². The van der Waals surface area contributed by atoms with Gasteiger partial charge in [0.25, 0.3) is 0 Å². The molecule has 0 N–H and O–H groups in total. The van der Waals surface area contributed by atoms with E-state index < -0.39 is 35.3 Å². The van der Waals surface area contributed by atoms with Gasteiger partial charge >= 0.3 is 0 Å². The Labute approximate surface area is 71.2 Å². The van der Waals surface area contributed by atoms with E-state index in [0.29, 0.717) is 0 Å². The van der Waals surface area contributed by atoms with Crippen molar-refractivity contribution in [3.63, 3.8) is 0 Å². The molecule has 1 aromatic rings. The summed E-state index contributed by atoms with van der Waals surface area (Å²) in [6.07, 6.45) is -0.702. The van der Waals surface area contributed by atoms with E-state index in [-0.39, 0.29) is 6.07 Å². The predicted molar refractivity (Wildman–Crippen MR) is 35.6 cm³/mol. The van der Waals surface area contributed by atoms with Gasteiger partial charge in [0.1, 0.15) is 0 Å². The summed E-state index contributed by atoms with van der Waals surface area (Å²) in [6, 6.07) is 1.51. The lowest BCUT2D eigenvalue weighted by molar-refractivity contribution is 0.442. The number of halogens is 4. The molecule has 0 aliphatic rings. The quantitative estimate of drug-likeness (QED) is 0.491. The molecule has 0 spiro atoms. The summed E-state index contributed by atoms with van der Waals surface area (Å²) >= 11 is 0. The van der Waals surface area contributed by atoms with Crippen LogP contribution in [0.4, 0.5) is 17.6 Å². The van der Waals surface area contributed by atoms with Crippen LogP contribution >= 0.6 is 0 Å². The SMILES string of the molecule is N#CCc1c(F)c(F)cc(F)c1F. The lowest BCUT2D eigenvalue weighted by Gasteiger charge is -2.01. The largest absolute Gasteiger partial charge is 0.204 e. The van der Waals surface area contributed by atoms with Gasteiger partial charge in [0, 0.05) is 11.6 Å². The van der Waals surface area contributed by atoms with E-state index in [9.17, 15) is 17.6 Å². The minimum absolute atomic E-state index is 0.103. The molecule has 0 atom stereocenters. The van der Waals surface area contributed by atoms with Gasteiger partial charge in [-0.25, -0.2) is 17.6 Å². The van der Waals surface area contributed by atoms with Crippen LogP contribution in [0.2, 0.25) is 0 Å². The Morgan fingerprint density at radius 2 is 1.54 bits per heavy atom. The lowest BCUT2D eigenvalue weighted by atomic mass is 10.1. The third-order valence-electron chi connectivity index (χ3n) is 1.46. The van der Waals surface area contributed by atoms with Crippen molar-refractivity contribution >= 4 is 0 Å². The molecular formula is C8H3F4N. The maximum atomic E-state index is 12.7. The van der Waals surface area contributed by atoms with E-state index in [1.165, 1.54) is 6.07 Å². The highest BCUT2D eigenvalue weighted by atomic mass is 19.2. The zero-order valence-corrected chi connectivity index (χ0v) is 6.24. The Hall–Kier alpha value is -1.57. The van der Waals surface area contributed by atoms with Crippen LogP contribution in [-0.4, -0.2) is 0 Å². The van der Waals surface area contributed by atoms with Crippen molar-refractivity contribution in [3.8, 4) is 6.07 Å². The number of benzene rings is 1. The molecule has 1 nitrogen and oxygen atoms in total. The molecule has 0 aromatic heterocycles. The lowest BCUT2D eigenvalue weighted by Crippen LogP contribution is -2.01. The first-order chi connectivity index (χ1) is 6.07. The van der Waals surface area contributed by atoms with Gasteiger partial charge in [0.05, 0.1) is 12.5 Å². The molecule has 5 heteroatoms. The molecule has 0 saturated carbocycles. The fourth-order valence-electron chi connectivity index (χ4n) is 0.857. The summed E-state index contributed by atoms with van der Waals surface area (Å²) in [5.41, 5.74) is -0.875. The van der Waals surface area contributed by atoms with Crippen molar-refractivity contribution in [2.45, 2.75) is 6.42 Å². The molecule has 0 fully saturated rings. The molecule has 0 saturated heterocycles. The summed E-state index contributed by atoms with van der Waals surface area (Å²) in [6.45, 7) is 0. The number of hydrogen-bond acceptors (Lipinski definition) is 1. The maximum absolute atomic E-state index is 12.7. The molecule has 0 heterocycles. The fourth-order valence-corrected chi connectivity index (χ4v) is 0.857. The Balaban J connectivity index is 3.39. The van der Waals surface area contributed by atoms with Gasteiger partial charge in [0.15, 0.2) is 23.3 Å². The van der Waals surface area contributed by atoms with Crippen molar-refractivity contribution < 1.29 is 17.6 Å². The zero-order chi connectivity index (χ0) is 10.0. The summed E-state index contributed by atoms with van der Waals surface area (Å²) < 4.78 is 50.3. The Bertz CT molecular complexity index is 354. The summed E-state index contributed by atoms with van der Waals surface area (Å²) in [4.78, 5) is 0. The van der Waals surface area contributed by atoms with Crippen molar-refractivity contribution in [1.82, 2.24) is 0 Å². The predicted octanol–water partition coefficient (Wildman–Crippen LogP) is 2.31. The van der Waals surface area contributed by atoms with Gasteiger partial charge in [-0.05, 0) is 0 Å². The smallest absolute Gasteiger partial charge is 0.166 e. The fraction of sp³-hybridized carbons (Fsp3) is 0.125. The highest BCUT2D eigenvalue weighted by Crippen LogP contribution is 2.19. The van der Waals surface area contributed by atoms with Gasteiger partial charge in [-0.3, -0.25) is 0 Å². The van der Waals surface area contributed by atoms with Crippen LogP contribution < -0.4 is 0 Å². The van der Waals surface area contributed by atoms with Crippen LogP contribution in [0.15, 0.2) is 6.07 Å². The standard InChI is InChI=1S/C8H3F4N/c9-5-3-6(10)8(12)4(1-2-13)7(5)11/h3H,1H2. The minimum Gasteiger partial charge on any atom is -0.204 e. The Kier molecular flexibility index (Phi) is 2.52. The molecule has 1 aromatic carbocycles. The van der Waals surface area contributed by atoms with E-state index in [0.717, 1.165) is 0 Å². The highest BCUT2D eigenvalue weighted by Gasteiger charge is 2.18. The second kappa shape index (κ2) is 3.44. The van der Waals surface area contributed by atoms with Crippen LogP contribution in [0.1, 0.15) is 5.56 Å². The molecule has 0 bridgehead atoms. The van der Waals surface area contributed by atoms with Gasteiger partial charge in [-0.1, -0.05) is 0 Å². The molecule has 68 valence electrons. The molecule has 0 aliphatic carbocycles. The number of nitriles is 1. The first-order valence-electron chi connectivity index (χ1n) is 3.26. The van der Waals surface area contributed by atoms with Gasteiger partial charge in [-0.15, -0.1) is 0 Å². The van der Waals surface area contributed by atoms with Crippen LogP contribution in [-0.2, 0) is 6.42 Å². The molecule has 0 aliphatic heterocycles. The second-order valence-electron chi connectivity index (χ2n) is 2.28. The van der Waals surface area contributed by atoms with Crippen LogP contribution in [0.3, 0.4) is 0 Å². The maximum Gasteiger partial charge on any atom is 0.166 e. The van der Waals surface area contributed by atoms with Crippen LogP contribution in [0.25, 0.3) is 0 Å². The van der Waals surface area contributed by atoms with E-state index in [1.807, 2.05) is 0 Å². The molecule has 0 amide bonds. The average Bonchev–Trinajstić information content (AvgIpc) is 2.09. The van der Waals surface area contributed by atoms with Crippen molar-refractivity contribution in [3.05, 3.63) is 34.9 Å². The summed E-state index contributed by atoms with van der Waals surface area (Å²) in [5.74, 6) is -6.02. The van der Waals surface area contributed by atoms with E-state index in [2.05, 4.69) is 0 Å². The van der Waals surface area contributed by atoms with Gasteiger partial charge in [-0.2, -0.15) is 5.26 Å². The van der Waals surface area contributed by atoms with E-state index in [4.69, 9.17) is 5.26 Å². The monoisotopic (exact) mass is 189 g/mol. The second-order valence-corrected chi connectivity index (χ2v) is 2.28. The number of hydrogen-bond donors (Lipinski definition) is 0. The van der Waals surface area contributed by atoms with Crippen LogP contribution in [0, 0.1) is 34.6 Å². The topological polar surface area (TPSA) is 23.8 Å². The third kappa shape index (κ3) is 1.61. The molecule has 0 unspecified atom stereocenters. The molecule has 1 rings (SSSR count). The van der Waals surface area contributed by atoms with Crippen LogP contribution in [0.5, 0.6) is 0 Å². The zero-order valence-electron chi connectivity index (χ0n) is 6.24. The van der Waals surface area contributed by atoms with Gasteiger partial charge in [0.2, 0.25) is 0 Å². The number of rotatable bonds is 1. The normalized spacial score (nSPS) is 9.77. The van der Waals surface area contributed by atoms with E-state index >= 15 is 0 Å². The first-order valence-corrected chi connectivity index (χ1v) is 3.26. The first kappa shape index (κ1) is 9.52. The van der Waals surface area contributed by atoms with Crippen molar-refractivity contribution in [1.29, 1.82) is 5.26 Å². The van der Waals surface area contributed by atoms with E-state index in [1.54, 1.807) is 0 Å². The minimum atomic E-state index is -1.51. The number of nitrogens with zero attached hydrogens (tertiary/aromatic N) is 1. The summed E-state index contributed by atoms with van der Waals surface area (Å²) in [5, 5.41) is 8.12. The van der Waals surface area contributed by atoms with Gasteiger partial charge < -0.3 is 0 Å². The molecule has 0 radical (unpaired) electrons. The Morgan fingerprint density at radius 1 is 1.08 bits per heavy atom. The highest BCUT2D eigenvalue weighted by molar-refractivity contribution is 5.24. The third-order valence-corrected chi connectivity index (χ3v) is 1.46. The van der Waals surface area contributed by atoms with Crippen molar-refractivity contribution in [2.24, 2.45) is 0 Å². The Morgan fingerprint density at radius 3 is 1.92 bits per heavy atom.